The van der Waals surface area contributed by atoms with Crippen LogP contribution in [0.3, 0.4) is 0 Å². The number of fused-ring (bicyclic) bond motifs is 1. The van der Waals surface area contributed by atoms with Crippen LogP contribution in [0.1, 0.15) is 41.9 Å². The standard InChI is InChI=1S/C28H34F3N3O5/c1-18(33-9-12-38-24-7-4-5-8-25(24)39-17-28(29,30)31)13-21-15-22-14-19(2)34(10-6-11-37-20(3)35)26(22)23(16-21)27(32)36/h4-5,7-8,14-16,18,33H,6,9-13,17H2,1-3H3,(H2,32,36). The molecular weight excluding hydrogens is 515 g/mol. The molecule has 3 N–H and O–H groups in total. The van der Waals surface area contributed by atoms with E-state index in [0.29, 0.717) is 31.5 Å². The third-order valence-electron chi connectivity index (χ3n) is 5.99. The number of nitrogens with two attached hydrogens (primary N) is 1. The molecule has 1 atom stereocenters. The zero-order chi connectivity index (χ0) is 28.6. The Morgan fingerprint density at radius 3 is 2.41 bits per heavy atom. The number of hydrogen-bond donors (Lipinski definition) is 2. The Labute approximate surface area is 225 Å². The molecule has 0 aliphatic carbocycles. The van der Waals surface area contributed by atoms with Gasteiger partial charge in [-0.1, -0.05) is 12.1 Å². The summed E-state index contributed by atoms with van der Waals surface area (Å²) in [5.41, 5.74) is 8.82. The molecule has 0 saturated heterocycles. The molecule has 1 aromatic heterocycles. The summed E-state index contributed by atoms with van der Waals surface area (Å²) in [4.78, 5) is 23.4. The van der Waals surface area contributed by atoms with Crippen LogP contribution in [-0.2, 0) is 22.5 Å². The first-order valence-corrected chi connectivity index (χ1v) is 12.7. The maximum absolute atomic E-state index is 12.5. The number of benzene rings is 2. The number of halogens is 3. The highest BCUT2D eigenvalue weighted by Gasteiger charge is 2.29. The second-order valence-corrected chi connectivity index (χ2v) is 9.33. The number of carbonyl (C=O) groups is 2. The number of nitrogens with one attached hydrogen (secondary N) is 1. The minimum absolute atomic E-state index is 0.00964. The number of primary amides is 1. The van der Waals surface area contributed by atoms with Crippen molar-refractivity contribution in [3.63, 3.8) is 0 Å². The second-order valence-electron chi connectivity index (χ2n) is 9.33. The van der Waals surface area contributed by atoms with Crippen LogP contribution in [0.15, 0.2) is 42.5 Å². The molecular formula is C28H34F3N3O5. The van der Waals surface area contributed by atoms with Crippen LogP contribution in [-0.4, -0.2) is 55.0 Å². The molecule has 3 aromatic rings. The maximum Gasteiger partial charge on any atom is 0.422 e. The molecule has 3 rings (SSSR count). The van der Waals surface area contributed by atoms with Crippen LogP contribution in [0.4, 0.5) is 13.2 Å². The Kier molecular flexibility index (Phi) is 10.2. The van der Waals surface area contributed by atoms with Gasteiger partial charge in [0.1, 0.15) is 6.61 Å². The summed E-state index contributed by atoms with van der Waals surface area (Å²) in [5.74, 6) is -0.591. The number of esters is 1. The van der Waals surface area contributed by atoms with Crippen molar-refractivity contribution < 1.29 is 37.0 Å². The zero-order valence-electron chi connectivity index (χ0n) is 22.3. The number of rotatable bonds is 14. The molecule has 0 fully saturated rings. The lowest BCUT2D eigenvalue weighted by atomic mass is 10.0. The van der Waals surface area contributed by atoms with E-state index >= 15 is 0 Å². The van der Waals surface area contributed by atoms with Crippen molar-refractivity contribution in [1.82, 2.24) is 9.88 Å². The van der Waals surface area contributed by atoms with E-state index in [2.05, 4.69) is 5.32 Å². The van der Waals surface area contributed by atoms with Gasteiger partial charge in [0.2, 0.25) is 0 Å². The summed E-state index contributed by atoms with van der Waals surface area (Å²) in [5, 5.41) is 4.23. The SMILES string of the molecule is CC(=O)OCCCn1c(C)cc2cc(CC(C)NCCOc3ccccc3OCC(F)(F)F)cc(C(N)=O)c21. The summed E-state index contributed by atoms with van der Waals surface area (Å²) in [6.07, 6.45) is -3.22. The lowest BCUT2D eigenvalue weighted by molar-refractivity contribution is -0.153. The molecule has 0 aliphatic rings. The van der Waals surface area contributed by atoms with Gasteiger partial charge in [0.15, 0.2) is 18.1 Å². The number of aryl methyl sites for hydroxylation is 2. The molecule has 1 heterocycles. The highest BCUT2D eigenvalue weighted by molar-refractivity contribution is 6.05. The monoisotopic (exact) mass is 549 g/mol. The van der Waals surface area contributed by atoms with Crippen molar-refractivity contribution in [2.75, 3.05) is 26.4 Å². The molecule has 1 unspecified atom stereocenters. The highest BCUT2D eigenvalue weighted by Crippen LogP contribution is 2.29. The topological polar surface area (TPSA) is 105 Å². The molecule has 8 nitrogen and oxygen atoms in total. The van der Waals surface area contributed by atoms with Gasteiger partial charge < -0.3 is 29.8 Å². The van der Waals surface area contributed by atoms with Gasteiger partial charge in [-0.25, -0.2) is 0 Å². The summed E-state index contributed by atoms with van der Waals surface area (Å²) in [6.45, 7) is 5.43. The average molecular weight is 550 g/mol. The van der Waals surface area contributed by atoms with Crippen LogP contribution in [0, 0.1) is 6.92 Å². The average Bonchev–Trinajstić information content (AvgIpc) is 3.17. The largest absolute Gasteiger partial charge is 0.488 e. The molecule has 39 heavy (non-hydrogen) atoms. The van der Waals surface area contributed by atoms with E-state index in [4.69, 9.17) is 19.9 Å². The van der Waals surface area contributed by atoms with E-state index in [1.807, 2.05) is 30.5 Å². The van der Waals surface area contributed by atoms with Crippen LogP contribution in [0.2, 0.25) is 0 Å². The quantitative estimate of drug-likeness (QED) is 0.226. The molecule has 0 aliphatic heterocycles. The number of para-hydroxylation sites is 2. The normalized spacial score (nSPS) is 12.4. The lowest BCUT2D eigenvalue weighted by Gasteiger charge is -2.17. The van der Waals surface area contributed by atoms with Gasteiger partial charge in [-0.3, -0.25) is 9.59 Å². The van der Waals surface area contributed by atoms with E-state index < -0.39 is 18.7 Å². The number of ether oxygens (including phenoxy) is 3. The van der Waals surface area contributed by atoms with Crippen molar-refractivity contribution in [2.24, 2.45) is 5.73 Å². The van der Waals surface area contributed by atoms with E-state index in [9.17, 15) is 22.8 Å². The minimum Gasteiger partial charge on any atom is -0.488 e. The van der Waals surface area contributed by atoms with Gasteiger partial charge >= 0.3 is 12.1 Å². The van der Waals surface area contributed by atoms with Crippen molar-refractivity contribution >= 4 is 22.8 Å². The Hall–Kier alpha value is -3.73. The first kappa shape index (κ1) is 29.8. The van der Waals surface area contributed by atoms with Crippen LogP contribution >= 0.6 is 0 Å². The van der Waals surface area contributed by atoms with Gasteiger partial charge in [0.05, 0.1) is 17.7 Å². The molecule has 0 saturated carbocycles. The number of aromatic nitrogens is 1. The molecule has 11 heteroatoms. The molecule has 0 spiro atoms. The fraction of sp³-hybridized carbons (Fsp3) is 0.429. The summed E-state index contributed by atoms with van der Waals surface area (Å²) in [6, 6.07) is 12.1. The molecule has 1 amide bonds. The Morgan fingerprint density at radius 2 is 1.77 bits per heavy atom. The zero-order valence-corrected chi connectivity index (χ0v) is 22.3. The molecule has 2 aromatic carbocycles. The van der Waals surface area contributed by atoms with Crippen molar-refractivity contribution in [3.05, 3.63) is 59.3 Å². The van der Waals surface area contributed by atoms with E-state index in [1.54, 1.807) is 24.3 Å². The van der Waals surface area contributed by atoms with Gasteiger partial charge in [0.25, 0.3) is 5.91 Å². The summed E-state index contributed by atoms with van der Waals surface area (Å²) >= 11 is 0. The second kappa shape index (κ2) is 13.4. The van der Waals surface area contributed by atoms with Gasteiger partial charge in [-0.15, -0.1) is 0 Å². The lowest BCUT2D eigenvalue weighted by Crippen LogP contribution is -2.32. The smallest absolute Gasteiger partial charge is 0.422 e. The van der Waals surface area contributed by atoms with E-state index in [0.717, 1.165) is 22.2 Å². The van der Waals surface area contributed by atoms with Gasteiger partial charge in [-0.05, 0) is 62.6 Å². The van der Waals surface area contributed by atoms with Crippen LogP contribution < -0.4 is 20.5 Å². The van der Waals surface area contributed by atoms with E-state index in [1.165, 1.54) is 13.0 Å². The molecule has 0 bridgehead atoms. The van der Waals surface area contributed by atoms with E-state index in [-0.39, 0.29) is 36.7 Å². The van der Waals surface area contributed by atoms with Crippen LogP contribution in [0.5, 0.6) is 11.5 Å². The number of amides is 1. The first-order valence-electron chi connectivity index (χ1n) is 12.7. The van der Waals surface area contributed by atoms with Crippen molar-refractivity contribution in [2.45, 2.75) is 52.4 Å². The maximum atomic E-state index is 12.5. The molecule has 212 valence electrons. The minimum atomic E-state index is -4.44. The van der Waals surface area contributed by atoms with Crippen molar-refractivity contribution in [3.8, 4) is 11.5 Å². The molecule has 0 radical (unpaired) electrons. The predicted molar refractivity (Wildman–Crippen MR) is 141 cm³/mol. The van der Waals surface area contributed by atoms with Gasteiger partial charge in [-0.2, -0.15) is 13.2 Å². The number of alkyl halides is 3. The first-order chi connectivity index (χ1) is 18.4. The van der Waals surface area contributed by atoms with Crippen LogP contribution in [0.25, 0.3) is 10.9 Å². The number of hydrogen-bond acceptors (Lipinski definition) is 6. The highest BCUT2D eigenvalue weighted by atomic mass is 19.4. The Morgan fingerprint density at radius 1 is 1.08 bits per heavy atom. The third kappa shape index (κ3) is 8.91. The predicted octanol–water partition coefficient (Wildman–Crippen LogP) is 4.54. The fourth-order valence-corrected chi connectivity index (χ4v) is 4.38. The summed E-state index contributed by atoms with van der Waals surface area (Å²) in [7, 11) is 0. The van der Waals surface area contributed by atoms with Crippen molar-refractivity contribution in [1.29, 1.82) is 0 Å². The Balaban J connectivity index is 1.60. The fourth-order valence-electron chi connectivity index (χ4n) is 4.38. The number of carbonyl (C=O) groups excluding carboxylic acids is 2. The summed E-state index contributed by atoms with van der Waals surface area (Å²) < 4.78 is 55.0. The third-order valence-corrected chi connectivity index (χ3v) is 5.99. The van der Waals surface area contributed by atoms with Gasteiger partial charge in [0, 0.05) is 37.1 Å². The number of nitrogens with zero attached hydrogens (tertiary/aromatic N) is 1. The Bertz CT molecular complexity index is 1290.